The number of urea groups is 1. The molecule has 0 spiro atoms. The Morgan fingerprint density at radius 2 is 2.32 bits per heavy atom. The van der Waals surface area contributed by atoms with E-state index in [-0.39, 0.29) is 29.7 Å². The van der Waals surface area contributed by atoms with Gasteiger partial charge in [-0.05, 0) is 38.0 Å². The smallest absolute Gasteiger partial charge is 0.317 e. The lowest BCUT2D eigenvalue weighted by Crippen LogP contribution is -2.41. The van der Waals surface area contributed by atoms with Crippen molar-refractivity contribution in [1.29, 1.82) is 0 Å². The zero-order valence-electron chi connectivity index (χ0n) is 13.4. The minimum absolute atomic E-state index is 0.0135. The maximum absolute atomic E-state index is 13.8. The SMILES string of the molecule is CCNC(=O)N1CC[C@@H](N[C@H](C)c2ccc(OC)c(F)c2)C1. The molecule has 1 aliphatic rings. The van der Waals surface area contributed by atoms with Crippen LogP contribution in [0.3, 0.4) is 0 Å². The van der Waals surface area contributed by atoms with Gasteiger partial charge >= 0.3 is 6.03 Å². The van der Waals surface area contributed by atoms with Gasteiger partial charge in [0.1, 0.15) is 0 Å². The fraction of sp³-hybridized carbons (Fsp3) is 0.562. The summed E-state index contributed by atoms with van der Waals surface area (Å²) >= 11 is 0. The minimum Gasteiger partial charge on any atom is -0.494 e. The Morgan fingerprint density at radius 3 is 2.95 bits per heavy atom. The summed E-state index contributed by atoms with van der Waals surface area (Å²) < 4.78 is 18.7. The molecule has 0 aliphatic carbocycles. The van der Waals surface area contributed by atoms with E-state index in [4.69, 9.17) is 4.74 Å². The molecular formula is C16H24FN3O2. The van der Waals surface area contributed by atoms with Crippen LogP contribution in [0.1, 0.15) is 31.9 Å². The Hall–Kier alpha value is -1.82. The molecule has 2 atom stereocenters. The van der Waals surface area contributed by atoms with E-state index in [2.05, 4.69) is 10.6 Å². The largest absolute Gasteiger partial charge is 0.494 e. The monoisotopic (exact) mass is 309 g/mol. The predicted molar refractivity (Wildman–Crippen MR) is 83.6 cm³/mol. The van der Waals surface area contributed by atoms with Gasteiger partial charge in [0.2, 0.25) is 0 Å². The molecule has 1 saturated heterocycles. The Morgan fingerprint density at radius 1 is 1.55 bits per heavy atom. The van der Waals surface area contributed by atoms with Gasteiger partial charge in [0.05, 0.1) is 7.11 Å². The van der Waals surface area contributed by atoms with Gasteiger partial charge in [-0.2, -0.15) is 0 Å². The topological polar surface area (TPSA) is 53.6 Å². The summed E-state index contributed by atoms with van der Waals surface area (Å²) in [6.45, 7) is 5.96. The standard InChI is InChI=1S/C16H24FN3O2/c1-4-18-16(21)20-8-7-13(10-20)19-11(2)12-5-6-15(22-3)14(17)9-12/h5-6,9,11,13,19H,4,7-8,10H2,1-3H3,(H,18,21)/t11-,13-/m1/s1. The second-order valence-corrected chi connectivity index (χ2v) is 5.55. The molecule has 0 unspecified atom stereocenters. The number of likely N-dealkylation sites (tertiary alicyclic amines) is 1. The molecule has 0 saturated carbocycles. The van der Waals surface area contributed by atoms with Crippen LogP contribution >= 0.6 is 0 Å². The third-order valence-corrected chi connectivity index (χ3v) is 3.97. The van der Waals surface area contributed by atoms with Crippen molar-refractivity contribution in [2.45, 2.75) is 32.4 Å². The van der Waals surface area contributed by atoms with Crippen LogP contribution in [-0.4, -0.2) is 43.7 Å². The fourth-order valence-electron chi connectivity index (χ4n) is 2.75. The van der Waals surface area contributed by atoms with Crippen LogP contribution in [0.2, 0.25) is 0 Å². The first-order valence-electron chi connectivity index (χ1n) is 7.67. The van der Waals surface area contributed by atoms with Crippen LogP contribution in [0.15, 0.2) is 18.2 Å². The second-order valence-electron chi connectivity index (χ2n) is 5.55. The molecule has 6 heteroatoms. The molecule has 2 N–H and O–H groups in total. The van der Waals surface area contributed by atoms with E-state index in [1.54, 1.807) is 6.07 Å². The Kier molecular flexibility index (Phi) is 5.60. The normalized spacial score (nSPS) is 19.1. The average Bonchev–Trinajstić information content (AvgIpc) is 2.96. The summed E-state index contributed by atoms with van der Waals surface area (Å²) in [4.78, 5) is 13.6. The number of nitrogens with one attached hydrogen (secondary N) is 2. The number of ether oxygens (including phenoxy) is 1. The summed E-state index contributed by atoms with van der Waals surface area (Å²) in [6, 6.07) is 5.21. The molecule has 1 fully saturated rings. The summed E-state index contributed by atoms with van der Waals surface area (Å²) in [5.74, 6) is -0.108. The summed E-state index contributed by atoms with van der Waals surface area (Å²) in [5.41, 5.74) is 0.870. The molecule has 2 rings (SSSR count). The van der Waals surface area contributed by atoms with Gasteiger partial charge in [-0.1, -0.05) is 6.07 Å². The van der Waals surface area contributed by atoms with E-state index in [9.17, 15) is 9.18 Å². The number of carbonyl (C=O) groups excluding carboxylic acids is 1. The van der Waals surface area contributed by atoms with Gasteiger partial charge in [0.25, 0.3) is 0 Å². The zero-order valence-corrected chi connectivity index (χ0v) is 13.4. The van der Waals surface area contributed by atoms with Crippen molar-refractivity contribution in [3.8, 4) is 5.75 Å². The molecule has 122 valence electrons. The summed E-state index contributed by atoms with van der Waals surface area (Å²) in [7, 11) is 1.45. The lowest BCUT2D eigenvalue weighted by atomic mass is 10.1. The number of benzene rings is 1. The summed E-state index contributed by atoms with van der Waals surface area (Å²) in [5, 5.41) is 6.27. The highest BCUT2D eigenvalue weighted by molar-refractivity contribution is 5.74. The zero-order chi connectivity index (χ0) is 16.1. The van der Waals surface area contributed by atoms with Gasteiger partial charge in [0, 0.05) is 31.7 Å². The first-order chi connectivity index (χ1) is 10.5. The molecule has 2 amide bonds. The first-order valence-corrected chi connectivity index (χ1v) is 7.67. The van der Waals surface area contributed by atoms with Crippen molar-refractivity contribution in [2.75, 3.05) is 26.7 Å². The lowest BCUT2D eigenvalue weighted by Gasteiger charge is -2.21. The number of amides is 2. The highest BCUT2D eigenvalue weighted by atomic mass is 19.1. The van der Waals surface area contributed by atoms with Crippen molar-refractivity contribution in [1.82, 2.24) is 15.5 Å². The molecule has 0 bridgehead atoms. The molecule has 22 heavy (non-hydrogen) atoms. The number of methoxy groups -OCH3 is 1. The molecular weight excluding hydrogens is 285 g/mol. The second kappa shape index (κ2) is 7.45. The van der Waals surface area contributed by atoms with Gasteiger partial charge < -0.3 is 20.3 Å². The van der Waals surface area contributed by atoms with Crippen molar-refractivity contribution < 1.29 is 13.9 Å². The van der Waals surface area contributed by atoms with Crippen molar-refractivity contribution in [3.05, 3.63) is 29.6 Å². The van der Waals surface area contributed by atoms with Gasteiger partial charge in [-0.25, -0.2) is 9.18 Å². The van der Waals surface area contributed by atoms with Gasteiger partial charge in [-0.15, -0.1) is 0 Å². The number of carbonyl (C=O) groups is 1. The van der Waals surface area contributed by atoms with Crippen molar-refractivity contribution >= 4 is 6.03 Å². The van der Waals surface area contributed by atoms with Crippen LogP contribution in [-0.2, 0) is 0 Å². The third kappa shape index (κ3) is 3.88. The molecule has 1 aromatic carbocycles. The van der Waals surface area contributed by atoms with Crippen LogP contribution < -0.4 is 15.4 Å². The van der Waals surface area contributed by atoms with Crippen LogP contribution in [0.5, 0.6) is 5.75 Å². The van der Waals surface area contributed by atoms with Gasteiger partial charge in [0.15, 0.2) is 11.6 Å². The maximum Gasteiger partial charge on any atom is 0.317 e. The number of rotatable bonds is 5. The highest BCUT2D eigenvalue weighted by Gasteiger charge is 2.27. The maximum atomic E-state index is 13.8. The Bertz CT molecular complexity index is 524. The number of halogens is 1. The molecule has 0 aromatic heterocycles. The minimum atomic E-state index is -0.357. The van der Waals surface area contributed by atoms with Crippen molar-refractivity contribution in [2.24, 2.45) is 0 Å². The lowest BCUT2D eigenvalue weighted by molar-refractivity contribution is 0.208. The van der Waals surface area contributed by atoms with Crippen molar-refractivity contribution in [3.63, 3.8) is 0 Å². The molecule has 0 radical (unpaired) electrons. The van der Waals surface area contributed by atoms with E-state index in [1.165, 1.54) is 13.2 Å². The van der Waals surface area contributed by atoms with E-state index >= 15 is 0 Å². The Labute approximate surface area is 130 Å². The quantitative estimate of drug-likeness (QED) is 0.877. The summed E-state index contributed by atoms with van der Waals surface area (Å²) in [6.07, 6.45) is 0.903. The predicted octanol–water partition coefficient (Wildman–Crippen LogP) is 2.29. The number of hydrogen-bond donors (Lipinski definition) is 2. The third-order valence-electron chi connectivity index (χ3n) is 3.97. The number of nitrogens with zero attached hydrogens (tertiary/aromatic N) is 1. The van der Waals surface area contributed by atoms with E-state index in [1.807, 2.05) is 24.8 Å². The van der Waals surface area contributed by atoms with Crippen LogP contribution in [0.25, 0.3) is 0 Å². The van der Waals surface area contributed by atoms with E-state index in [0.29, 0.717) is 13.1 Å². The molecule has 1 aromatic rings. The fourth-order valence-corrected chi connectivity index (χ4v) is 2.75. The average molecular weight is 309 g/mol. The van der Waals surface area contributed by atoms with Gasteiger partial charge in [-0.3, -0.25) is 0 Å². The highest BCUT2D eigenvalue weighted by Crippen LogP contribution is 2.23. The van der Waals surface area contributed by atoms with E-state index in [0.717, 1.165) is 18.5 Å². The molecule has 1 heterocycles. The molecule has 5 nitrogen and oxygen atoms in total. The van der Waals surface area contributed by atoms with E-state index < -0.39 is 0 Å². The number of hydrogen-bond acceptors (Lipinski definition) is 3. The van der Waals surface area contributed by atoms with Crippen LogP contribution in [0, 0.1) is 5.82 Å². The first kappa shape index (κ1) is 16.5. The molecule has 1 aliphatic heterocycles. The van der Waals surface area contributed by atoms with Crippen LogP contribution in [0.4, 0.5) is 9.18 Å². The Balaban J connectivity index is 1.91.